The second-order valence-corrected chi connectivity index (χ2v) is 10.9. The molecule has 1 heterocycles. The Morgan fingerprint density at radius 2 is 0.913 bits per heavy atom. The van der Waals surface area contributed by atoms with Gasteiger partial charge in [-0.2, -0.15) is 0 Å². The number of benzene rings is 4. The maximum absolute atomic E-state index is 11.3. The molecule has 4 aromatic carbocycles. The summed E-state index contributed by atoms with van der Waals surface area (Å²) in [4.78, 5) is 0. The van der Waals surface area contributed by atoms with Crippen LogP contribution in [0.3, 0.4) is 0 Å². The van der Waals surface area contributed by atoms with Crippen LogP contribution >= 0.6 is 0 Å². The average Bonchev–Trinajstić information content (AvgIpc) is 3.11. The van der Waals surface area contributed by atoms with Gasteiger partial charge in [-0.1, -0.05) is 66.7 Å². The lowest BCUT2D eigenvalue weighted by Crippen LogP contribution is -2.61. The fraction of sp³-hybridized carbons (Fsp3) is 0.351. The molecule has 9 nitrogen and oxygen atoms in total. The van der Waals surface area contributed by atoms with Gasteiger partial charge in [-0.15, -0.1) is 0 Å². The zero-order valence-electron chi connectivity index (χ0n) is 26.5. The molecule has 0 radical (unpaired) electrons. The summed E-state index contributed by atoms with van der Waals surface area (Å²) in [7, 11) is 4.88. The number of ether oxygens (including phenoxy) is 8. The highest BCUT2D eigenvalue weighted by molar-refractivity contribution is 5.28. The number of hydrogen-bond donors (Lipinski definition) is 1. The first-order chi connectivity index (χ1) is 22.6. The van der Waals surface area contributed by atoms with Crippen molar-refractivity contribution in [1.29, 1.82) is 0 Å². The number of rotatable bonds is 16. The Hall–Kier alpha value is -3.96. The molecular formula is C37H42O9. The topological polar surface area (TPSA) is 94.1 Å². The highest BCUT2D eigenvalue weighted by Crippen LogP contribution is 2.30. The van der Waals surface area contributed by atoms with E-state index >= 15 is 0 Å². The predicted octanol–water partition coefficient (Wildman–Crippen LogP) is 5.70. The van der Waals surface area contributed by atoms with Crippen LogP contribution < -0.4 is 14.2 Å². The van der Waals surface area contributed by atoms with Gasteiger partial charge in [-0.25, -0.2) is 0 Å². The lowest BCUT2D eigenvalue weighted by Gasteiger charge is -2.44. The summed E-state index contributed by atoms with van der Waals surface area (Å²) in [5.41, 5.74) is 3.82. The summed E-state index contributed by atoms with van der Waals surface area (Å²) < 4.78 is 47.6. The Labute approximate surface area is 270 Å². The van der Waals surface area contributed by atoms with Crippen LogP contribution in [0.25, 0.3) is 0 Å². The molecule has 1 N–H and O–H groups in total. The van der Waals surface area contributed by atoms with E-state index in [1.54, 1.807) is 21.3 Å². The van der Waals surface area contributed by atoms with Crippen molar-refractivity contribution in [3.8, 4) is 17.2 Å². The highest BCUT2D eigenvalue weighted by atomic mass is 16.7. The van der Waals surface area contributed by atoms with Crippen molar-refractivity contribution in [2.24, 2.45) is 0 Å². The number of hydrogen-bond acceptors (Lipinski definition) is 9. The van der Waals surface area contributed by atoms with Gasteiger partial charge in [-0.05, 0) is 58.7 Å². The third kappa shape index (κ3) is 9.29. The summed E-state index contributed by atoms with van der Waals surface area (Å²) in [5.74, 6) is 2.26. The van der Waals surface area contributed by atoms with E-state index in [-0.39, 0.29) is 26.4 Å². The number of aliphatic hydroxyl groups is 1. The normalized spacial score (nSPS) is 21.1. The SMILES string of the molecule is COc1ccc(CO[C@@H]2[C@@H](OCc3ccc(OC)cc3)[C@@H](O)O[C@H](COCc3ccccc3)[C@H]2OCc2ccc(OC)cc2)cc1. The number of methoxy groups -OCH3 is 3. The largest absolute Gasteiger partial charge is 0.497 e. The molecule has 5 rings (SSSR count). The molecule has 244 valence electrons. The van der Waals surface area contributed by atoms with Gasteiger partial charge in [0.2, 0.25) is 0 Å². The van der Waals surface area contributed by atoms with Crippen molar-refractivity contribution in [3.63, 3.8) is 0 Å². The van der Waals surface area contributed by atoms with Crippen LogP contribution in [0.15, 0.2) is 103 Å². The minimum absolute atomic E-state index is 0.173. The molecule has 0 amide bonds. The molecule has 1 saturated heterocycles. The van der Waals surface area contributed by atoms with Gasteiger partial charge in [0, 0.05) is 0 Å². The third-order valence-corrected chi connectivity index (χ3v) is 7.81. The Morgan fingerprint density at radius 3 is 1.37 bits per heavy atom. The smallest absolute Gasteiger partial charge is 0.184 e. The first kappa shape index (κ1) is 33.4. The molecule has 0 unspecified atom stereocenters. The average molecular weight is 631 g/mol. The molecule has 1 aliphatic rings. The van der Waals surface area contributed by atoms with E-state index in [2.05, 4.69) is 0 Å². The third-order valence-electron chi connectivity index (χ3n) is 7.81. The van der Waals surface area contributed by atoms with Crippen LogP contribution in [-0.4, -0.2) is 63.7 Å². The van der Waals surface area contributed by atoms with Crippen LogP contribution in [0.4, 0.5) is 0 Å². The van der Waals surface area contributed by atoms with E-state index in [0.29, 0.717) is 6.61 Å². The molecule has 0 aromatic heterocycles. The minimum Gasteiger partial charge on any atom is -0.497 e. The molecular weight excluding hydrogens is 588 g/mol. The Kier molecular flexibility index (Phi) is 12.4. The molecule has 46 heavy (non-hydrogen) atoms. The van der Waals surface area contributed by atoms with E-state index < -0.39 is 30.7 Å². The van der Waals surface area contributed by atoms with Crippen molar-refractivity contribution in [2.45, 2.75) is 57.1 Å². The van der Waals surface area contributed by atoms with Crippen molar-refractivity contribution in [3.05, 3.63) is 125 Å². The zero-order chi connectivity index (χ0) is 32.1. The molecule has 4 aromatic rings. The molecule has 0 bridgehead atoms. The molecule has 0 saturated carbocycles. The lowest BCUT2D eigenvalue weighted by molar-refractivity contribution is -0.317. The summed E-state index contributed by atoms with van der Waals surface area (Å²) in [6.45, 7) is 1.31. The van der Waals surface area contributed by atoms with Gasteiger partial charge in [0.15, 0.2) is 6.29 Å². The van der Waals surface area contributed by atoms with Gasteiger partial charge in [0.05, 0.1) is 54.4 Å². The maximum atomic E-state index is 11.3. The maximum Gasteiger partial charge on any atom is 0.184 e. The first-order valence-corrected chi connectivity index (χ1v) is 15.2. The second-order valence-electron chi connectivity index (χ2n) is 10.9. The van der Waals surface area contributed by atoms with Crippen molar-refractivity contribution < 1.29 is 43.0 Å². The number of aliphatic hydroxyl groups excluding tert-OH is 1. The summed E-state index contributed by atoms with van der Waals surface area (Å²) in [6.07, 6.45) is -4.12. The molecule has 0 spiro atoms. The van der Waals surface area contributed by atoms with Crippen LogP contribution in [-0.2, 0) is 50.1 Å². The second kappa shape index (κ2) is 17.1. The fourth-order valence-electron chi connectivity index (χ4n) is 5.21. The van der Waals surface area contributed by atoms with Crippen molar-refractivity contribution in [2.75, 3.05) is 27.9 Å². The van der Waals surface area contributed by atoms with E-state index in [9.17, 15) is 5.11 Å². The van der Waals surface area contributed by atoms with Crippen molar-refractivity contribution >= 4 is 0 Å². The summed E-state index contributed by atoms with van der Waals surface area (Å²) in [5, 5.41) is 11.3. The Bertz CT molecular complexity index is 1430. The van der Waals surface area contributed by atoms with Gasteiger partial charge < -0.3 is 43.0 Å². The first-order valence-electron chi connectivity index (χ1n) is 15.2. The van der Waals surface area contributed by atoms with Gasteiger partial charge >= 0.3 is 0 Å². The Balaban J connectivity index is 1.37. The molecule has 5 atom stereocenters. The fourth-order valence-corrected chi connectivity index (χ4v) is 5.21. The summed E-state index contributed by atoms with van der Waals surface area (Å²) in [6, 6.07) is 32.8. The van der Waals surface area contributed by atoms with E-state index in [1.807, 2.05) is 103 Å². The predicted molar refractivity (Wildman–Crippen MR) is 172 cm³/mol. The zero-order valence-corrected chi connectivity index (χ0v) is 26.5. The van der Waals surface area contributed by atoms with Crippen LogP contribution in [0.1, 0.15) is 22.3 Å². The lowest BCUT2D eigenvalue weighted by atomic mass is 9.98. The highest BCUT2D eigenvalue weighted by Gasteiger charge is 2.48. The Morgan fingerprint density at radius 1 is 0.500 bits per heavy atom. The van der Waals surface area contributed by atoms with Gasteiger partial charge in [0.1, 0.15) is 41.7 Å². The molecule has 0 aliphatic carbocycles. The summed E-state index contributed by atoms with van der Waals surface area (Å²) >= 11 is 0. The molecule has 1 aliphatic heterocycles. The molecule has 1 fully saturated rings. The quantitative estimate of drug-likeness (QED) is 0.167. The van der Waals surface area contributed by atoms with Crippen molar-refractivity contribution in [1.82, 2.24) is 0 Å². The van der Waals surface area contributed by atoms with Gasteiger partial charge in [-0.3, -0.25) is 0 Å². The van der Waals surface area contributed by atoms with Crippen LogP contribution in [0.2, 0.25) is 0 Å². The standard InChI is InChI=1S/C37H42O9/c1-39-30-15-9-27(10-16-30)22-43-34-33(25-42-21-26-7-5-4-6-8-26)46-37(38)36(45-24-29-13-19-32(41-3)20-14-29)35(34)44-23-28-11-17-31(40-2)18-12-28/h4-20,33-38H,21-25H2,1-3H3/t33-,34-,35+,36-,37+/m1/s1. The van der Waals surface area contributed by atoms with E-state index in [1.165, 1.54) is 0 Å². The monoisotopic (exact) mass is 630 g/mol. The minimum atomic E-state index is -1.29. The van der Waals surface area contributed by atoms with Crippen LogP contribution in [0, 0.1) is 0 Å². The van der Waals surface area contributed by atoms with E-state index in [4.69, 9.17) is 37.9 Å². The van der Waals surface area contributed by atoms with Gasteiger partial charge in [0.25, 0.3) is 0 Å². The molecule has 9 heteroatoms. The van der Waals surface area contributed by atoms with Crippen LogP contribution in [0.5, 0.6) is 17.2 Å². The van der Waals surface area contributed by atoms with E-state index in [0.717, 1.165) is 39.5 Å².